The molecule has 0 aliphatic carbocycles. The molecule has 0 N–H and O–H groups in total. The van der Waals surface area contributed by atoms with Crippen molar-refractivity contribution in [1.82, 2.24) is 0 Å². The SMILES string of the molecule is FC(F)(F)c1cc[c]c2ccccc12. The summed E-state index contributed by atoms with van der Waals surface area (Å²) in [6.45, 7) is 0. The molecule has 1 radical (unpaired) electrons. The van der Waals surface area contributed by atoms with Gasteiger partial charge in [0, 0.05) is 0 Å². The lowest BCUT2D eigenvalue weighted by atomic mass is 10.0. The van der Waals surface area contributed by atoms with Crippen molar-refractivity contribution in [2.24, 2.45) is 0 Å². The molecule has 2 aromatic rings. The Kier molecular flexibility index (Phi) is 1.95. The van der Waals surface area contributed by atoms with Crippen molar-refractivity contribution in [3.05, 3.63) is 48.0 Å². The fraction of sp³-hybridized carbons (Fsp3) is 0.0909. The second-order valence-electron chi connectivity index (χ2n) is 2.93. The molecule has 0 aliphatic rings. The maximum atomic E-state index is 12.5. The minimum Gasteiger partial charge on any atom is -0.166 e. The average Bonchev–Trinajstić information content (AvgIpc) is 2.15. The third-order valence-corrected chi connectivity index (χ3v) is 2.01. The zero-order valence-electron chi connectivity index (χ0n) is 7.10. The quantitative estimate of drug-likeness (QED) is 0.601. The van der Waals surface area contributed by atoms with Gasteiger partial charge in [-0.15, -0.1) is 0 Å². The van der Waals surface area contributed by atoms with E-state index >= 15 is 0 Å². The molecule has 0 fully saturated rings. The fourth-order valence-corrected chi connectivity index (χ4v) is 1.40. The Balaban J connectivity index is 2.78. The Morgan fingerprint density at radius 3 is 2.43 bits per heavy atom. The van der Waals surface area contributed by atoms with Gasteiger partial charge in [-0.3, -0.25) is 0 Å². The summed E-state index contributed by atoms with van der Waals surface area (Å²) >= 11 is 0. The molecule has 0 saturated heterocycles. The van der Waals surface area contributed by atoms with E-state index in [1.165, 1.54) is 12.1 Å². The van der Waals surface area contributed by atoms with Gasteiger partial charge in [0.15, 0.2) is 0 Å². The Morgan fingerprint density at radius 2 is 1.71 bits per heavy atom. The van der Waals surface area contributed by atoms with E-state index in [0.717, 1.165) is 6.07 Å². The predicted octanol–water partition coefficient (Wildman–Crippen LogP) is 3.66. The highest BCUT2D eigenvalue weighted by Gasteiger charge is 2.31. The minimum atomic E-state index is -4.30. The molecule has 0 nitrogen and oxygen atoms in total. The molecule has 0 spiro atoms. The zero-order chi connectivity index (χ0) is 10.2. The monoisotopic (exact) mass is 195 g/mol. The standard InChI is InChI=1S/C11H6F3/c12-11(13,14)10-7-3-5-8-4-1-2-6-9(8)10/h1-4,6-7H. The molecule has 0 aromatic heterocycles. The highest BCUT2D eigenvalue weighted by Crippen LogP contribution is 2.34. The van der Waals surface area contributed by atoms with Crippen molar-refractivity contribution in [1.29, 1.82) is 0 Å². The van der Waals surface area contributed by atoms with Gasteiger partial charge in [-0.2, -0.15) is 13.2 Å². The van der Waals surface area contributed by atoms with Crippen molar-refractivity contribution >= 4 is 10.8 Å². The van der Waals surface area contributed by atoms with Crippen LogP contribution in [0, 0.1) is 6.07 Å². The van der Waals surface area contributed by atoms with Crippen LogP contribution < -0.4 is 0 Å². The average molecular weight is 195 g/mol. The number of fused-ring (bicyclic) bond motifs is 1. The molecule has 2 aromatic carbocycles. The van der Waals surface area contributed by atoms with Crippen LogP contribution in [0.2, 0.25) is 0 Å². The Hall–Kier alpha value is -1.51. The zero-order valence-corrected chi connectivity index (χ0v) is 7.10. The lowest BCUT2D eigenvalue weighted by Gasteiger charge is -2.09. The molecule has 14 heavy (non-hydrogen) atoms. The van der Waals surface area contributed by atoms with Gasteiger partial charge in [-0.05, 0) is 22.9 Å². The minimum absolute atomic E-state index is 0.197. The molecular weight excluding hydrogens is 189 g/mol. The van der Waals surface area contributed by atoms with Crippen LogP contribution in [-0.4, -0.2) is 0 Å². The first-order valence-corrected chi connectivity index (χ1v) is 4.05. The molecule has 2 rings (SSSR count). The van der Waals surface area contributed by atoms with E-state index in [1.54, 1.807) is 18.2 Å². The van der Waals surface area contributed by atoms with Crippen LogP contribution in [0.25, 0.3) is 10.8 Å². The van der Waals surface area contributed by atoms with E-state index in [-0.39, 0.29) is 5.39 Å². The first-order valence-electron chi connectivity index (χ1n) is 4.05. The summed E-state index contributed by atoms with van der Waals surface area (Å²) in [5, 5.41) is 0.685. The molecule has 0 bridgehead atoms. The van der Waals surface area contributed by atoms with Crippen molar-refractivity contribution in [3.63, 3.8) is 0 Å². The van der Waals surface area contributed by atoms with E-state index in [2.05, 4.69) is 6.07 Å². The van der Waals surface area contributed by atoms with Crippen LogP contribution >= 0.6 is 0 Å². The van der Waals surface area contributed by atoms with E-state index in [4.69, 9.17) is 0 Å². The smallest absolute Gasteiger partial charge is 0.166 e. The van der Waals surface area contributed by atoms with Crippen LogP contribution in [0.5, 0.6) is 0 Å². The molecule has 3 heteroatoms. The topological polar surface area (TPSA) is 0 Å². The third kappa shape index (κ3) is 1.45. The van der Waals surface area contributed by atoms with Gasteiger partial charge in [0.05, 0.1) is 5.56 Å². The van der Waals surface area contributed by atoms with E-state index in [1.807, 2.05) is 0 Å². The van der Waals surface area contributed by atoms with Crippen LogP contribution in [0.3, 0.4) is 0 Å². The van der Waals surface area contributed by atoms with Gasteiger partial charge < -0.3 is 0 Å². The third-order valence-electron chi connectivity index (χ3n) is 2.01. The fourth-order valence-electron chi connectivity index (χ4n) is 1.40. The van der Waals surface area contributed by atoms with Crippen LogP contribution in [0.4, 0.5) is 13.2 Å². The number of hydrogen-bond acceptors (Lipinski definition) is 0. The van der Waals surface area contributed by atoms with Gasteiger partial charge in [0.2, 0.25) is 0 Å². The molecule has 0 atom stereocenters. The van der Waals surface area contributed by atoms with Gasteiger partial charge in [0.25, 0.3) is 0 Å². The number of halogens is 3. The summed E-state index contributed by atoms with van der Waals surface area (Å²) in [4.78, 5) is 0. The molecular formula is C11H6F3. The van der Waals surface area contributed by atoms with Crippen molar-refractivity contribution in [2.75, 3.05) is 0 Å². The van der Waals surface area contributed by atoms with Crippen molar-refractivity contribution in [3.8, 4) is 0 Å². The van der Waals surface area contributed by atoms with Gasteiger partial charge >= 0.3 is 6.18 Å². The summed E-state index contributed by atoms with van der Waals surface area (Å²) in [7, 11) is 0. The highest BCUT2D eigenvalue weighted by atomic mass is 19.4. The second kappa shape index (κ2) is 3.01. The van der Waals surface area contributed by atoms with E-state index in [0.29, 0.717) is 5.39 Å². The molecule has 71 valence electrons. The van der Waals surface area contributed by atoms with Gasteiger partial charge in [0.1, 0.15) is 0 Å². The predicted molar refractivity (Wildman–Crippen MR) is 47.8 cm³/mol. The lowest BCUT2D eigenvalue weighted by Crippen LogP contribution is -2.05. The number of alkyl halides is 3. The van der Waals surface area contributed by atoms with Gasteiger partial charge in [-0.1, -0.05) is 30.3 Å². The van der Waals surface area contributed by atoms with Crippen molar-refractivity contribution in [2.45, 2.75) is 6.18 Å². The molecule has 0 heterocycles. The summed E-state index contributed by atoms with van der Waals surface area (Å²) < 4.78 is 37.5. The summed E-state index contributed by atoms with van der Waals surface area (Å²) in [5.74, 6) is 0. The lowest BCUT2D eigenvalue weighted by molar-refractivity contribution is -0.136. The summed E-state index contributed by atoms with van der Waals surface area (Å²) in [6, 6.07) is 11.5. The molecule has 0 unspecified atom stereocenters. The van der Waals surface area contributed by atoms with Crippen LogP contribution in [0.1, 0.15) is 5.56 Å². The van der Waals surface area contributed by atoms with Crippen LogP contribution in [0.15, 0.2) is 36.4 Å². The molecule has 0 aliphatic heterocycles. The highest BCUT2D eigenvalue weighted by molar-refractivity contribution is 5.85. The number of benzene rings is 2. The maximum absolute atomic E-state index is 12.5. The normalized spacial score (nSPS) is 11.9. The maximum Gasteiger partial charge on any atom is 0.417 e. The second-order valence-corrected chi connectivity index (χ2v) is 2.93. The van der Waals surface area contributed by atoms with E-state index < -0.39 is 11.7 Å². The van der Waals surface area contributed by atoms with Crippen molar-refractivity contribution < 1.29 is 13.2 Å². The molecule has 0 amide bonds. The van der Waals surface area contributed by atoms with Gasteiger partial charge in [-0.25, -0.2) is 0 Å². The number of hydrogen-bond donors (Lipinski definition) is 0. The number of rotatable bonds is 0. The Morgan fingerprint density at radius 1 is 1.00 bits per heavy atom. The van der Waals surface area contributed by atoms with Crippen LogP contribution in [-0.2, 0) is 6.18 Å². The Bertz CT molecular complexity index is 452. The first-order chi connectivity index (χ1) is 6.59. The first kappa shape index (κ1) is 9.06. The summed E-state index contributed by atoms with van der Waals surface area (Å²) in [5.41, 5.74) is -0.605. The largest absolute Gasteiger partial charge is 0.417 e. The molecule has 0 saturated carbocycles. The Labute approximate surface area is 79.0 Å². The summed E-state index contributed by atoms with van der Waals surface area (Å²) in [6.07, 6.45) is -4.30. The van der Waals surface area contributed by atoms with E-state index in [9.17, 15) is 13.2 Å².